The Balaban J connectivity index is 1.71. The molecule has 1 aliphatic carbocycles. The monoisotopic (exact) mass is 511 g/mol. The summed E-state index contributed by atoms with van der Waals surface area (Å²) in [7, 11) is 0. The maximum absolute atomic E-state index is 11.7. The first-order valence-electron chi connectivity index (χ1n) is 11.9. The lowest BCUT2D eigenvalue weighted by Crippen LogP contribution is -2.38. The summed E-state index contributed by atoms with van der Waals surface area (Å²) in [6.07, 6.45) is 3.52. The van der Waals surface area contributed by atoms with Gasteiger partial charge in [0.2, 0.25) is 0 Å². The third kappa shape index (κ3) is 19.2. The Labute approximate surface area is 207 Å². The van der Waals surface area contributed by atoms with Crippen molar-refractivity contribution in [1.29, 1.82) is 0 Å². The molecule has 0 saturated heterocycles. The molecule has 0 atom stereocenters. The summed E-state index contributed by atoms with van der Waals surface area (Å²) in [6.45, 7) is 4.25. The predicted molar refractivity (Wildman–Crippen MR) is 126 cm³/mol. The first-order valence-corrected chi connectivity index (χ1v) is 12.4. The fraction of sp³-hybridized carbons (Fsp3) is 0.909. The quantitative estimate of drug-likeness (QED) is 0.116. The third-order valence-electron chi connectivity index (χ3n) is 4.77. The molecule has 1 aliphatic rings. The number of rotatable bonds is 21. The minimum Gasteiger partial charge on any atom is -0.463 e. The molecule has 1 rings (SSSR count). The van der Waals surface area contributed by atoms with Crippen LogP contribution in [0.15, 0.2) is 0 Å². The van der Waals surface area contributed by atoms with Gasteiger partial charge in [-0.15, -0.1) is 0 Å². The van der Waals surface area contributed by atoms with Crippen LogP contribution in [0.3, 0.4) is 0 Å². The van der Waals surface area contributed by atoms with Crippen molar-refractivity contribution in [3.63, 3.8) is 0 Å². The van der Waals surface area contributed by atoms with Gasteiger partial charge in [-0.05, 0) is 25.7 Å². The van der Waals surface area contributed by atoms with Gasteiger partial charge in [0.1, 0.15) is 13.2 Å². The topological polar surface area (TPSA) is 131 Å². The molecular weight excluding hydrogens is 470 g/mol. The Kier molecular flexibility index (Phi) is 20.3. The van der Waals surface area contributed by atoms with Gasteiger partial charge in [-0.25, -0.2) is 4.79 Å². The average molecular weight is 512 g/mol. The number of hydrogen-bond donors (Lipinski definition) is 3. The van der Waals surface area contributed by atoms with Crippen LogP contribution in [0.4, 0.5) is 4.79 Å². The second-order valence-corrected chi connectivity index (χ2v) is 8.27. The highest BCUT2D eigenvalue weighted by Gasteiger charge is 2.20. The van der Waals surface area contributed by atoms with Crippen molar-refractivity contribution >= 4 is 24.7 Å². The number of esters is 1. The molecule has 0 aromatic carbocycles. The molecule has 34 heavy (non-hydrogen) atoms. The zero-order valence-corrected chi connectivity index (χ0v) is 20.8. The summed E-state index contributed by atoms with van der Waals surface area (Å²) >= 11 is 4.45. The normalized spacial score (nSPS) is 17.9. The number of carbonyl (C=O) groups is 2. The highest BCUT2D eigenvalue weighted by atomic mass is 32.1. The van der Waals surface area contributed by atoms with E-state index >= 15 is 0 Å². The zero-order chi connectivity index (χ0) is 24.7. The summed E-state index contributed by atoms with van der Waals surface area (Å²) in [5.41, 5.74) is 0. The maximum atomic E-state index is 11.7. The minimum absolute atomic E-state index is 0.00304. The Hall–Kier alpha value is -1.15. The van der Waals surface area contributed by atoms with Crippen LogP contribution < -0.4 is 5.32 Å². The molecule has 200 valence electrons. The number of aliphatic hydroxyl groups is 1. The van der Waals surface area contributed by atoms with Crippen molar-refractivity contribution in [2.45, 2.75) is 43.4 Å². The Morgan fingerprint density at radius 1 is 0.676 bits per heavy atom. The second-order valence-electron chi connectivity index (χ2n) is 7.54. The van der Waals surface area contributed by atoms with Gasteiger partial charge >= 0.3 is 12.1 Å². The molecule has 0 heterocycles. The second kappa shape index (κ2) is 22.3. The van der Waals surface area contributed by atoms with Gasteiger partial charge in [-0.1, -0.05) is 0 Å². The van der Waals surface area contributed by atoms with E-state index in [4.69, 9.17) is 38.3 Å². The van der Waals surface area contributed by atoms with E-state index in [1.807, 2.05) is 0 Å². The van der Waals surface area contributed by atoms with Crippen LogP contribution in [0.2, 0.25) is 0 Å². The fourth-order valence-electron chi connectivity index (χ4n) is 2.98. The van der Waals surface area contributed by atoms with Crippen molar-refractivity contribution in [3.8, 4) is 0 Å². The molecule has 0 aliphatic heterocycles. The van der Waals surface area contributed by atoms with Crippen LogP contribution >= 0.6 is 12.6 Å². The summed E-state index contributed by atoms with van der Waals surface area (Å²) < 4.78 is 36.7. The molecule has 1 amide bonds. The number of thiol groups is 1. The largest absolute Gasteiger partial charge is 0.463 e. The molecule has 0 bridgehead atoms. The zero-order valence-electron chi connectivity index (χ0n) is 20.0. The smallest absolute Gasteiger partial charge is 0.407 e. The van der Waals surface area contributed by atoms with E-state index in [0.29, 0.717) is 64.7 Å². The highest BCUT2D eigenvalue weighted by Crippen LogP contribution is 2.22. The van der Waals surface area contributed by atoms with Crippen LogP contribution in [0, 0.1) is 0 Å². The van der Waals surface area contributed by atoms with Crippen molar-refractivity contribution in [2.24, 2.45) is 0 Å². The van der Waals surface area contributed by atoms with Gasteiger partial charge in [0.05, 0.1) is 79.1 Å². The highest BCUT2D eigenvalue weighted by molar-refractivity contribution is 7.80. The van der Waals surface area contributed by atoms with E-state index in [1.54, 1.807) is 0 Å². The van der Waals surface area contributed by atoms with Gasteiger partial charge in [-0.3, -0.25) is 4.79 Å². The van der Waals surface area contributed by atoms with Gasteiger partial charge < -0.3 is 43.6 Å². The summed E-state index contributed by atoms with van der Waals surface area (Å²) in [6, 6.07) is 0.182. The first-order chi connectivity index (χ1) is 16.6. The third-order valence-corrected chi connectivity index (χ3v) is 5.29. The number of aliphatic hydroxyl groups excluding tert-OH is 1. The molecule has 0 aromatic heterocycles. The van der Waals surface area contributed by atoms with E-state index < -0.39 is 12.1 Å². The van der Waals surface area contributed by atoms with E-state index in [9.17, 15) is 9.59 Å². The number of alkyl carbamates (subject to hydrolysis) is 1. The van der Waals surface area contributed by atoms with Gasteiger partial charge in [0, 0.05) is 11.3 Å². The number of amides is 1. The molecule has 1 fully saturated rings. The number of ether oxygens (including phenoxy) is 7. The molecular formula is C22H41NO10S. The van der Waals surface area contributed by atoms with Crippen molar-refractivity contribution < 1.29 is 47.9 Å². The van der Waals surface area contributed by atoms with E-state index in [-0.39, 0.29) is 38.9 Å². The van der Waals surface area contributed by atoms with Crippen LogP contribution in [-0.4, -0.2) is 114 Å². The van der Waals surface area contributed by atoms with Gasteiger partial charge in [0.15, 0.2) is 0 Å². The molecule has 0 spiro atoms. The van der Waals surface area contributed by atoms with E-state index in [2.05, 4.69) is 17.9 Å². The van der Waals surface area contributed by atoms with E-state index in [0.717, 1.165) is 25.7 Å². The lowest BCUT2D eigenvalue weighted by atomic mass is 9.95. The average Bonchev–Trinajstić information content (AvgIpc) is 2.82. The lowest BCUT2D eigenvalue weighted by Gasteiger charge is -2.26. The van der Waals surface area contributed by atoms with Gasteiger partial charge in [-0.2, -0.15) is 12.6 Å². The van der Waals surface area contributed by atoms with Crippen LogP contribution in [0.5, 0.6) is 0 Å². The standard InChI is InChI=1S/C22H41NO10S/c24-6-5-21(25)32-17-15-30-13-11-28-9-7-27-8-10-29-12-14-31-16-18-33-22(26)23-19-1-3-20(34)4-2-19/h19-20,24,34H,1-18H2,(H,23,26). The Morgan fingerprint density at radius 2 is 1.09 bits per heavy atom. The molecule has 1 saturated carbocycles. The molecule has 11 nitrogen and oxygen atoms in total. The van der Waals surface area contributed by atoms with Crippen LogP contribution in [0.1, 0.15) is 32.1 Å². The number of nitrogens with one attached hydrogen (secondary N) is 1. The first kappa shape index (κ1) is 30.9. The fourth-order valence-corrected chi connectivity index (χ4v) is 3.28. The molecule has 0 unspecified atom stereocenters. The summed E-state index contributed by atoms with van der Waals surface area (Å²) in [4.78, 5) is 22.7. The predicted octanol–water partition coefficient (Wildman–Crippen LogP) is 0.962. The lowest BCUT2D eigenvalue weighted by molar-refractivity contribution is -0.146. The van der Waals surface area contributed by atoms with Crippen LogP contribution in [-0.2, 0) is 38.0 Å². The van der Waals surface area contributed by atoms with Crippen molar-refractivity contribution in [2.75, 3.05) is 85.9 Å². The molecule has 2 N–H and O–H groups in total. The Morgan fingerprint density at radius 3 is 1.53 bits per heavy atom. The van der Waals surface area contributed by atoms with Crippen molar-refractivity contribution in [1.82, 2.24) is 5.32 Å². The molecule has 0 aromatic rings. The summed E-state index contributed by atoms with van der Waals surface area (Å²) in [5.74, 6) is -0.440. The number of hydrogen-bond acceptors (Lipinski definition) is 11. The Bertz CT molecular complexity index is 506. The maximum Gasteiger partial charge on any atom is 0.407 e. The van der Waals surface area contributed by atoms with Gasteiger partial charge in [0.25, 0.3) is 0 Å². The minimum atomic E-state index is -0.440. The molecule has 0 radical (unpaired) electrons. The van der Waals surface area contributed by atoms with Crippen LogP contribution in [0.25, 0.3) is 0 Å². The van der Waals surface area contributed by atoms with E-state index in [1.165, 1.54) is 0 Å². The molecule has 12 heteroatoms. The summed E-state index contributed by atoms with van der Waals surface area (Å²) in [5, 5.41) is 11.9. The van der Waals surface area contributed by atoms with Crippen molar-refractivity contribution in [3.05, 3.63) is 0 Å². The number of carbonyl (C=O) groups excluding carboxylic acids is 2. The SMILES string of the molecule is O=C(CCO)OCCOCCOCCOCCOCCOCCOC(=O)NC1CCC(S)CC1.